The second-order valence-corrected chi connectivity index (χ2v) is 24.8. The van der Waals surface area contributed by atoms with E-state index in [9.17, 15) is 13.6 Å². The van der Waals surface area contributed by atoms with Crippen LogP contribution in [0.2, 0.25) is 0 Å². The number of Topliss-reactive ketones (excluding diaryl/α,β-unsaturated/α-hetero) is 1. The van der Waals surface area contributed by atoms with E-state index in [0.29, 0.717) is 124 Å². The number of fused-ring (bicyclic) bond motifs is 6. The highest BCUT2D eigenvalue weighted by Gasteiger charge is 2.43. The first kappa shape index (κ1) is 60.3. The molecule has 14 rings (SSSR count). The highest BCUT2D eigenvalue weighted by molar-refractivity contribution is 5.85. The molecule has 8 aromatic rings. The fraction of sp³-hybridized carbons (Fsp3) is 0.500. The molecule has 0 spiro atoms. The van der Waals surface area contributed by atoms with E-state index in [1.54, 1.807) is 18.2 Å². The lowest BCUT2D eigenvalue weighted by molar-refractivity contribution is -0.123. The molecule has 2 aromatic carbocycles. The van der Waals surface area contributed by atoms with E-state index in [0.717, 1.165) is 95.5 Å². The highest BCUT2D eigenvalue weighted by atomic mass is 19.1. The second-order valence-electron chi connectivity index (χ2n) is 24.8. The summed E-state index contributed by atoms with van der Waals surface area (Å²) in [5.74, 6) is 1.03. The second kappa shape index (κ2) is 26.4. The SMILES string of the molecule is C1COCCN1.Cc1nc2c(F)cc(-c3cc(Cc4ncc(CN5C6CCC5CC(=O)C6)cn4)ncc3F)cc2n1C(C)C.Cc1nc2c(F)cc(-c3cc(Cc4ncc(CN5C6CCC5CC(N5CCOCC5)C6)cn4)ncc3F)cc2n1C(C)C. The molecule has 0 radical (unpaired) electrons. The third-order valence-corrected chi connectivity index (χ3v) is 18.2. The van der Waals surface area contributed by atoms with Crippen LogP contribution >= 0.6 is 0 Å². The maximum absolute atomic E-state index is 15.1. The largest absolute Gasteiger partial charge is 0.379 e. The van der Waals surface area contributed by atoms with Crippen molar-refractivity contribution in [3.8, 4) is 22.3 Å². The summed E-state index contributed by atoms with van der Waals surface area (Å²) in [5.41, 5.74) is 6.67. The molecule has 6 aromatic heterocycles. The Kier molecular flexibility index (Phi) is 18.3. The van der Waals surface area contributed by atoms with E-state index in [-0.39, 0.29) is 23.2 Å². The first-order chi connectivity index (χ1) is 42.1. The molecule has 6 fully saturated rings. The van der Waals surface area contributed by atoms with Gasteiger partial charge in [-0.25, -0.2) is 47.5 Å². The molecule has 0 saturated carbocycles. The number of halogens is 4. The van der Waals surface area contributed by atoms with E-state index < -0.39 is 23.3 Å². The van der Waals surface area contributed by atoms with Gasteiger partial charge >= 0.3 is 0 Å². The monoisotopic (exact) mass is 1190 g/mol. The van der Waals surface area contributed by atoms with Gasteiger partial charge < -0.3 is 23.9 Å². The smallest absolute Gasteiger partial charge is 0.151 e. The van der Waals surface area contributed by atoms with Gasteiger partial charge in [0.15, 0.2) is 11.6 Å². The first-order valence-corrected chi connectivity index (χ1v) is 31.0. The number of benzene rings is 2. The molecule has 6 aliphatic heterocycles. The van der Waals surface area contributed by atoms with Gasteiger partial charge in [0.2, 0.25) is 0 Å². The van der Waals surface area contributed by atoms with Gasteiger partial charge in [-0.3, -0.25) is 29.5 Å². The molecule has 12 heterocycles. The van der Waals surface area contributed by atoms with E-state index in [4.69, 9.17) is 9.47 Å². The highest BCUT2D eigenvalue weighted by Crippen LogP contribution is 2.40. The maximum atomic E-state index is 15.1. The van der Waals surface area contributed by atoms with Crippen molar-refractivity contribution in [3.63, 3.8) is 0 Å². The number of ether oxygens (including phenoxy) is 2. The molecule has 0 aliphatic carbocycles. The number of hydrogen-bond acceptors (Lipinski definition) is 15. The van der Waals surface area contributed by atoms with Gasteiger partial charge in [-0.05, 0) is 128 Å². The minimum Gasteiger partial charge on any atom is -0.379 e. The van der Waals surface area contributed by atoms with E-state index in [1.165, 1.54) is 50.2 Å². The molecule has 6 aliphatic rings. The van der Waals surface area contributed by atoms with Gasteiger partial charge in [-0.1, -0.05) is 0 Å². The maximum Gasteiger partial charge on any atom is 0.151 e. The molecule has 87 heavy (non-hydrogen) atoms. The van der Waals surface area contributed by atoms with Crippen molar-refractivity contribution in [2.75, 3.05) is 52.6 Å². The van der Waals surface area contributed by atoms with Gasteiger partial charge in [-0.2, -0.15) is 0 Å². The Hall–Kier alpha value is -7.01. The van der Waals surface area contributed by atoms with Crippen LogP contribution in [0.25, 0.3) is 44.3 Å². The van der Waals surface area contributed by atoms with Crippen LogP contribution in [0.5, 0.6) is 0 Å². The normalized spacial score (nSPS) is 21.7. The molecule has 1 N–H and O–H groups in total. The van der Waals surface area contributed by atoms with Crippen molar-refractivity contribution in [2.24, 2.45) is 0 Å². The standard InChI is InChI=1S/C33H39F2N7O.C29H30F2N6O.C4H9NO/c1-20(2)42-21(3)39-33-29(34)10-23(11-31(33)42)28-12-24(36-18-30(28)35)13-32-37-16-22(17-38-32)19-41-25-4-5-26(41)15-27(14-25)40-6-8-43-9-7-40;1-16(2)37-17(3)35-29-25(30)6-19(7-27(29)37)24-8-20(32-14-26(24)31)9-28-33-12-18(13-34-28)15-36-21-4-5-22(36)11-23(38)10-21;1-3-6-4-2-5-1/h10-12,16-18,20,25-27H,4-9,13-15,19H2,1-3H3;6-8,12-14,16,21-22H,4-5,9-11,15H2,1-3H3;5H,1-4H2. The lowest BCUT2D eigenvalue weighted by Crippen LogP contribution is -2.52. The zero-order valence-electron chi connectivity index (χ0n) is 50.7. The van der Waals surface area contributed by atoms with Crippen molar-refractivity contribution in [3.05, 3.63) is 143 Å². The molecule has 4 atom stereocenters. The van der Waals surface area contributed by atoms with Gasteiger partial charge in [-0.15, -0.1) is 0 Å². The van der Waals surface area contributed by atoms with Crippen molar-refractivity contribution in [1.82, 2.24) is 69.0 Å². The number of piperidine rings is 2. The van der Waals surface area contributed by atoms with Crippen LogP contribution in [0.15, 0.2) is 73.6 Å². The minimum absolute atomic E-state index is 0.0835. The van der Waals surface area contributed by atoms with E-state index in [2.05, 4.69) is 59.9 Å². The molecular formula is C66H78F4N14O3. The predicted octanol–water partition coefficient (Wildman–Crippen LogP) is 10.4. The molecule has 458 valence electrons. The number of aryl methyl sites for hydroxylation is 2. The number of morpholine rings is 2. The van der Waals surface area contributed by atoms with Crippen molar-refractivity contribution < 1.29 is 31.8 Å². The molecule has 4 bridgehead atoms. The predicted molar refractivity (Wildman–Crippen MR) is 324 cm³/mol. The summed E-state index contributed by atoms with van der Waals surface area (Å²) >= 11 is 0. The van der Waals surface area contributed by atoms with Crippen LogP contribution in [0.3, 0.4) is 0 Å². The van der Waals surface area contributed by atoms with Crippen LogP contribution in [0.4, 0.5) is 17.6 Å². The number of imidazole rings is 2. The number of nitrogens with zero attached hydrogens (tertiary/aromatic N) is 13. The third kappa shape index (κ3) is 13.4. The van der Waals surface area contributed by atoms with E-state index in [1.807, 2.05) is 81.5 Å². The van der Waals surface area contributed by atoms with E-state index >= 15 is 8.78 Å². The summed E-state index contributed by atoms with van der Waals surface area (Å²) in [6.45, 7) is 21.0. The van der Waals surface area contributed by atoms with Gasteiger partial charge in [0.25, 0.3) is 0 Å². The number of carbonyl (C=O) groups is 1. The van der Waals surface area contributed by atoms with Crippen LogP contribution in [0, 0.1) is 37.1 Å². The summed E-state index contributed by atoms with van der Waals surface area (Å²) in [5, 5.41) is 3.16. The molecular weight excluding hydrogens is 1110 g/mol. The van der Waals surface area contributed by atoms with Crippen molar-refractivity contribution in [2.45, 2.75) is 161 Å². The number of rotatable bonds is 13. The molecule has 21 heteroatoms. The zero-order chi connectivity index (χ0) is 60.5. The van der Waals surface area contributed by atoms with Crippen LogP contribution in [-0.4, -0.2) is 152 Å². The number of aromatic nitrogens is 10. The molecule has 17 nitrogen and oxygen atoms in total. The summed E-state index contributed by atoms with van der Waals surface area (Å²) in [6.07, 6.45) is 18.9. The summed E-state index contributed by atoms with van der Waals surface area (Å²) < 4.78 is 74.5. The summed E-state index contributed by atoms with van der Waals surface area (Å²) in [4.78, 5) is 55.3. The topological polar surface area (TPSA) is 170 Å². The van der Waals surface area contributed by atoms with Crippen LogP contribution in [-0.2, 0) is 40.2 Å². The number of hydrogen-bond donors (Lipinski definition) is 1. The number of pyridine rings is 2. The Morgan fingerprint density at radius 3 is 1.37 bits per heavy atom. The lowest BCUT2D eigenvalue weighted by Gasteiger charge is -2.44. The Balaban J connectivity index is 0.000000156. The average Bonchev–Trinajstić information content (AvgIpc) is 2.78. The average molecular weight is 1190 g/mol. The summed E-state index contributed by atoms with van der Waals surface area (Å²) in [7, 11) is 0. The Bertz CT molecular complexity index is 3690. The number of nitrogens with one attached hydrogen (secondary N) is 1. The van der Waals surface area contributed by atoms with Crippen LogP contribution in [0.1, 0.15) is 137 Å². The fourth-order valence-electron chi connectivity index (χ4n) is 14.2. The quantitative estimate of drug-likeness (QED) is 0.108. The fourth-order valence-corrected chi connectivity index (χ4v) is 14.2. The van der Waals surface area contributed by atoms with Crippen molar-refractivity contribution >= 4 is 27.9 Å². The molecule has 6 saturated heterocycles. The third-order valence-electron chi connectivity index (χ3n) is 18.2. The van der Waals surface area contributed by atoms with Crippen LogP contribution < -0.4 is 5.32 Å². The Morgan fingerprint density at radius 1 is 0.529 bits per heavy atom. The zero-order valence-corrected chi connectivity index (χ0v) is 50.7. The van der Waals surface area contributed by atoms with Gasteiger partial charge in [0.1, 0.15) is 51.7 Å². The molecule has 0 amide bonds. The molecule has 4 unspecified atom stereocenters. The number of carbonyl (C=O) groups excluding carboxylic acids is 1. The Labute approximate surface area is 505 Å². The lowest BCUT2D eigenvalue weighted by atomic mass is 9.95. The van der Waals surface area contributed by atoms with Crippen molar-refractivity contribution in [1.29, 1.82) is 0 Å². The number of ketones is 1. The first-order valence-electron chi connectivity index (χ1n) is 31.0. The Morgan fingerprint density at radius 2 is 0.954 bits per heavy atom. The minimum atomic E-state index is -0.522. The van der Waals surface area contributed by atoms with Gasteiger partial charge in [0.05, 0.1) is 62.7 Å². The summed E-state index contributed by atoms with van der Waals surface area (Å²) in [6, 6.07) is 12.3. The van der Waals surface area contributed by atoms with Gasteiger partial charge in [0, 0.05) is 153 Å².